The molecule has 4 aromatic rings. The molecule has 1 aliphatic heterocycles. The van der Waals surface area contributed by atoms with E-state index in [-0.39, 0.29) is 5.70 Å². The zero-order valence-corrected chi connectivity index (χ0v) is 24.1. The van der Waals surface area contributed by atoms with Gasteiger partial charge < -0.3 is 24.7 Å². The number of methoxy groups -OCH3 is 1. The van der Waals surface area contributed by atoms with Crippen LogP contribution in [-0.4, -0.2) is 41.0 Å². The van der Waals surface area contributed by atoms with Crippen LogP contribution in [-0.2, 0) is 16.2 Å². The Kier molecular flexibility index (Phi) is 8.31. The summed E-state index contributed by atoms with van der Waals surface area (Å²) in [6, 6.07) is 23.4. The van der Waals surface area contributed by atoms with Crippen LogP contribution in [0, 0.1) is 13.8 Å². The molecular weight excluding hydrogens is 556 g/mol. The summed E-state index contributed by atoms with van der Waals surface area (Å²) in [7, 11) is 1.49. The highest BCUT2D eigenvalue weighted by Crippen LogP contribution is 2.27. The van der Waals surface area contributed by atoms with Gasteiger partial charge in [0.15, 0.2) is 0 Å². The number of ether oxygens (including phenoxy) is 2. The molecule has 0 radical (unpaired) electrons. The Balaban J connectivity index is 1.28. The summed E-state index contributed by atoms with van der Waals surface area (Å²) in [6.07, 6.45) is 1.62. The van der Waals surface area contributed by atoms with E-state index in [1.165, 1.54) is 7.11 Å². The van der Waals surface area contributed by atoms with Gasteiger partial charge in [-0.25, -0.2) is 9.69 Å². The van der Waals surface area contributed by atoms with Crippen molar-refractivity contribution in [1.29, 1.82) is 0 Å². The molecule has 9 nitrogen and oxygen atoms in total. The van der Waals surface area contributed by atoms with E-state index in [1.807, 2.05) is 73.0 Å². The molecule has 0 spiro atoms. The molecule has 42 heavy (non-hydrogen) atoms. The van der Waals surface area contributed by atoms with Gasteiger partial charge >= 0.3 is 6.03 Å². The van der Waals surface area contributed by atoms with E-state index < -0.39 is 24.4 Å². The fraction of sp³-hybridized carbons (Fsp3) is 0.156. The number of amides is 4. The Labute approximate surface area is 248 Å². The smallest absolute Gasteiger partial charge is 0.329 e. The zero-order chi connectivity index (χ0) is 29.8. The van der Waals surface area contributed by atoms with Crippen LogP contribution in [0.4, 0.5) is 10.5 Å². The molecule has 214 valence electrons. The van der Waals surface area contributed by atoms with Crippen molar-refractivity contribution in [2.24, 2.45) is 0 Å². The monoisotopic (exact) mass is 584 g/mol. The van der Waals surface area contributed by atoms with Crippen molar-refractivity contribution in [2.75, 3.05) is 19.0 Å². The average Bonchev–Trinajstić information content (AvgIpc) is 3.41. The van der Waals surface area contributed by atoms with Crippen LogP contribution in [0.2, 0.25) is 5.02 Å². The fourth-order valence-electron chi connectivity index (χ4n) is 4.75. The quantitative estimate of drug-likeness (QED) is 0.189. The van der Waals surface area contributed by atoms with E-state index in [4.69, 9.17) is 21.1 Å². The summed E-state index contributed by atoms with van der Waals surface area (Å²) >= 11 is 6.22. The number of benzene rings is 3. The van der Waals surface area contributed by atoms with Gasteiger partial charge in [0.05, 0.1) is 12.8 Å². The molecule has 1 aliphatic rings. The van der Waals surface area contributed by atoms with E-state index in [2.05, 4.69) is 10.6 Å². The molecular formula is C32H29ClN4O5. The lowest BCUT2D eigenvalue weighted by molar-refractivity contribution is -0.127. The number of nitrogens with zero attached hydrogens (tertiary/aromatic N) is 2. The van der Waals surface area contributed by atoms with Crippen molar-refractivity contribution in [1.82, 2.24) is 14.8 Å². The van der Waals surface area contributed by atoms with Crippen LogP contribution in [0.5, 0.6) is 11.5 Å². The molecule has 1 aromatic heterocycles. The number of hydrogen-bond donors (Lipinski definition) is 2. The maximum Gasteiger partial charge on any atom is 0.329 e. The summed E-state index contributed by atoms with van der Waals surface area (Å²) in [4.78, 5) is 39.2. The molecule has 5 rings (SSSR count). The first-order valence-electron chi connectivity index (χ1n) is 13.2. The maximum absolute atomic E-state index is 13.1. The largest absolute Gasteiger partial charge is 0.495 e. The number of nitrogens with one attached hydrogen (secondary N) is 2. The topological polar surface area (TPSA) is 102 Å². The molecule has 10 heteroatoms. The Morgan fingerprint density at radius 1 is 1.00 bits per heavy atom. The van der Waals surface area contributed by atoms with Gasteiger partial charge in [-0.15, -0.1) is 0 Å². The minimum atomic E-state index is -0.664. The van der Waals surface area contributed by atoms with Crippen molar-refractivity contribution in [3.8, 4) is 17.2 Å². The van der Waals surface area contributed by atoms with Crippen LogP contribution in [0.15, 0.2) is 84.6 Å². The Bertz CT molecular complexity index is 1690. The predicted octanol–water partition coefficient (Wildman–Crippen LogP) is 5.87. The van der Waals surface area contributed by atoms with Crippen LogP contribution in [0.25, 0.3) is 11.8 Å². The molecule has 0 bridgehead atoms. The van der Waals surface area contributed by atoms with Crippen molar-refractivity contribution in [2.45, 2.75) is 20.5 Å². The maximum atomic E-state index is 13.1. The van der Waals surface area contributed by atoms with Gasteiger partial charge in [-0.3, -0.25) is 9.59 Å². The van der Waals surface area contributed by atoms with Gasteiger partial charge in [-0.05, 0) is 74.0 Å². The Morgan fingerprint density at radius 2 is 1.71 bits per heavy atom. The highest BCUT2D eigenvalue weighted by molar-refractivity contribution is 6.31. The van der Waals surface area contributed by atoms with Crippen molar-refractivity contribution in [3.05, 3.63) is 112 Å². The number of aromatic nitrogens is 1. The second kappa shape index (κ2) is 12.2. The molecule has 0 aliphatic carbocycles. The predicted molar refractivity (Wildman–Crippen MR) is 161 cm³/mol. The second-order valence-corrected chi connectivity index (χ2v) is 10.1. The third-order valence-corrected chi connectivity index (χ3v) is 7.23. The molecule has 3 aromatic carbocycles. The number of halogens is 1. The first-order chi connectivity index (χ1) is 20.2. The minimum Gasteiger partial charge on any atom is -0.495 e. The summed E-state index contributed by atoms with van der Waals surface area (Å²) in [5.41, 5.74) is 4.93. The average molecular weight is 585 g/mol. The fourth-order valence-corrected chi connectivity index (χ4v) is 4.94. The Morgan fingerprint density at radius 3 is 2.45 bits per heavy atom. The lowest BCUT2D eigenvalue weighted by atomic mass is 10.2. The first kappa shape index (κ1) is 28.5. The number of rotatable bonds is 9. The van der Waals surface area contributed by atoms with Gasteiger partial charge in [0.25, 0.3) is 5.91 Å². The van der Waals surface area contributed by atoms with Gasteiger partial charge in [-0.2, -0.15) is 0 Å². The van der Waals surface area contributed by atoms with Crippen LogP contribution in [0.1, 0.15) is 22.5 Å². The van der Waals surface area contributed by atoms with Gasteiger partial charge in [0.1, 0.15) is 30.3 Å². The lowest BCUT2D eigenvalue weighted by Crippen LogP contribution is -2.38. The van der Waals surface area contributed by atoms with E-state index in [9.17, 15) is 14.4 Å². The van der Waals surface area contributed by atoms with Crippen LogP contribution >= 0.6 is 11.6 Å². The van der Waals surface area contributed by atoms with E-state index in [0.29, 0.717) is 28.8 Å². The summed E-state index contributed by atoms with van der Waals surface area (Å²) in [6.45, 7) is 3.81. The van der Waals surface area contributed by atoms with Crippen LogP contribution < -0.4 is 20.1 Å². The molecule has 4 amide bonds. The first-order valence-corrected chi connectivity index (χ1v) is 13.6. The van der Waals surface area contributed by atoms with Crippen molar-refractivity contribution >= 4 is 41.2 Å². The SMILES string of the molecule is COc1ccccc1NC(=O)CN1C(=O)N/C(=C/c2cc(C)n(-c3ccc(OCc4ccccc4Cl)cc3)c2C)C1=O. The second-order valence-electron chi connectivity index (χ2n) is 9.66. The standard InChI is InChI=1S/C32H29ClN4O5/c1-20-16-23(21(2)37(20)24-12-14-25(15-13-24)42-19-22-8-4-5-9-26(22)33)17-28-31(39)36(32(40)35-28)18-30(38)34-27-10-6-7-11-29(27)41-3/h4-17H,18-19H2,1-3H3,(H,34,38)(H,35,40)/b28-17+. The number of anilines is 1. The minimum absolute atomic E-state index is 0.0914. The van der Waals surface area contributed by atoms with E-state index in [1.54, 1.807) is 30.3 Å². The molecule has 2 N–H and O–H groups in total. The normalized spacial score (nSPS) is 13.8. The molecule has 1 saturated heterocycles. The number of para-hydroxylation sites is 2. The highest BCUT2D eigenvalue weighted by atomic mass is 35.5. The zero-order valence-electron chi connectivity index (χ0n) is 23.3. The van der Waals surface area contributed by atoms with E-state index >= 15 is 0 Å². The van der Waals surface area contributed by atoms with Crippen molar-refractivity contribution < 1.29 is 23.9 Å². The molecule has 2 heterocycles. The number of carbonyl (C=O) groups is 3. The summed E-state index contributed by atoms with van der Waals surface area (Å²) in [5.74, 6) is 0.0672. The van der Waals surface area contributed by atoms with Crippen molar-refractivity contribution in [3.63, 3.8) is 0 Å². The number of imide groups is 1. The van der Waals surface area contributed by atoms with Gasteiger partial charge in [0.2, 0.25) is 5.91 Å². The van der Waals surface area contributed by atoms with Gasteiger partial charge in [0, 0.05) is 27.7 Å². The molecule has 1 fully saturated rings. The van der Waals surface area contributed by atoms with Crippen LogP contribution in [0.3, 0.4) is 0 Å². The van der Waals surface area contributed by atoms with Gasteiger partial charge in [-0.1, -0.05) is 41.9 Å². The third kappa shape index (κ3) is 6.01. The third-order valence-electron chi connectivity index (χ3n) is 6.86. The number of hydrogen-bond acceptors (Lipinski definition) is 5. The summed E-state index contributed by atoms with van der Waals surface area (Å²) in [5, 5.41) is 5.92. The summed E-state index contributed by atoms with van der Waals surface area (Å²) < 4.78 is 13.2. The number of carbonyl (C=O) groups excluding carboxylic acids is 3. The molecule has 0 unspecified atom stereocenters. The highest BCUT2D eigenvalue weighted by Gasteiger charge is 2.35. The molecule has 0 saturated carbocycles. The molecule has 0 atom stereocenters. The number of urea groups is 1. The van der Waals surface area contributed by atoms with E-state index in [0.717, 1.165) is 33.1 Å². The Hall–Kier alpha value is -5.02. The lowest BCUT2D eigenvalue weighted by Gasteiger charge is -2.13. The number of aryl methyl sites for hydroxylation is 1.